The highest BCUT2D eigenvalue weighted by molar-refractivity contribution is 5.98. The van der Waals surface area contributed by atoms with Crippen molar-refractivity contribution in [1.82, 2.24) is 0 Å². The lowest BCUT2D eigenvalue weighted by Gasteiger charge is -2.22. The first-order valence-electron chi connectivity index (χ1n) is 6.56. The minimum Gasteiger partial charge on any atom is -0.294 e. The van der Waals surface area contributed by atoms with Crippen molar-refractivity contribution in [2.75, 3.05) is 0 Å². The van der Waals surface area contributed by atoms with E-state index in [-0.39, 0.29) is 0 Å². The van der Waals surface area contributed by atoms with Crippen molar-refractivity contribution in [3.63, 3.8) is 0 Å². The van der Waals surface area contributed by atoms with Crippen molar-refractivity contribution < 1.29 is 4.79 Å². The summed E-state index contributed by atoms with van der Waals surface area (Å²) in [7, 11) is 0. The van der Waals surface area contributed by atoms with Crippen LogP contribution in [0.5, 0.6) is 0 Å². The molecule has 4 rings (SSSR count). The smallest absolute Gasteiger partial charge is 0.161 e. The fraction of sp³-hybridized carbons (Fsp3) is 0.667. The molecule has 4 aliphatic carbocycles. The molecular weight excluding hydrogens is 196 g/mol. The average molecular weight is 214 g/mol. The summed E-state index contributed by atoms with van der Waals surface area (Å²) in [5, 5.41) is 0. The van der Waals surface area contributed by atoms with Crippen LogP contribution in [0.25, 0.3) is 0 Å². The third-order valence-electron chi connectivity index (χ3n) is 5.69. The van der Waals surface area contributed by atoms with Crippen LogP contribution in [0.3, 0.4) is 0 Å². The molecule has 7 unspecified atom stereocenters. The van der Waals surface area contributed by atoms with Crippen LogP contribution in [0.4, 0.5) is 0 Å². The van der Waals surface area contributed by atoms with E-state index in [4.69, 9.17) is 0 Å². The predicted octanol–water partition coefficient (Wildman–Crippen LogP) is 2.84. The number of allylic oxidation sites excluding steroid dienone is 3. The Morgan fingerprint density at radius 1 is 1.25 bits per heavy atom. The minimum absolute atomic E-state index is 0.369. The SMILES string of the molecule is C=C(C)C(=O)C1C2C3CC(C4CC=CC43)C12. The molecule has 0 amide bonds. The summed E-state index contributed by atoms with van der Waals surface area (Å²) in [6.45, 7) is 5.70. The highest BCUT2D eigenvalue weighted by Gasteiger charge is 2.72. The summed E-state index contributed by atoms with van der Waals surface area (Å²) in [5.41, 5.74) is 0.777. The van der Waals surface area contributed by atoms with Crippen LogP contribution in [0.15, 0.2) is 24.3 Å². The van der Waals surface area contributed by atoms with E-state index in [0.29, 0.717) is 11.7 Å². The summed E-state index contributed by atoms with van der Waals surface area (Å²) in [6, 6.07) is 0. The van der Waals surface area contributed by atoms with Gasteiger partial charge < -0.3 is 0 Å². The van der Waals surface area contributed by atoms with Crippen LogP contribution in [0.2, 0.25) is 0 Å². The second kappa shape index (κ2) is 2.69. The molecule has 0 heterocycles. The molecule has 16 heavy (non-hydrogen) atoms. The monoisotopic (exact) mass is 214 g/mol. The maximum atomic E-state index is 12.0. The summed E-state index contributed by atoms with van der Waals surface area (Å²) in [5.74, 6) is 5.65. The van der Waals surface area contributed by atoms with E-state index in [1.54, 1.807) is 0 Å². The topological polar surface area (TPSA) is 17.1 Å². The van der Waals surface area contributed by atoms with Gasteiger partial charge in [0.2, 0.25) is 0 Å². The van der Waals surface area contributed by atoms with Crippen molar-refractivity contribution in [3.05, 3.63) is 24.3 Å². The van der Waals surface area contributed by atoms with Gasteiger partial charge in [-0.2, -0.15) is 0 Å². The molecule has 3 fully saturated rings. The number of carbonyl (C=O) groups is 1. The summed E-state index contributed by atoms with van der Waals surface area (Å²) in [4.78, 5) is 12.0. The molecule has 3 saturated carbocycles. The highest BCUT2D eigenvalue weighted by Crippen LogP contribution is 2.74. The fourth-order valence-electron chi connectivity index (χ4n) is 5.21. The maximum absolute atomic E-state index is 12.0. The van der Waals surface area contributed by atoms with Gasteiger partial charge in [0.15, 0.2) is 5.78 Å². The van der Waals surface area contributed by atoms with Crippen molar-refractivity contribution in [3.8, 4) is 0 Å². The quantitative estimate of drug-likeness (QED) is 0.510. The summed E-state index contributed by atoms with van der Waals surface area (Å²) >= 11 is 0. The number of rotatable bonds is 2. The third kappa shape index (κ3) is 0.873. The Morgan fingerprint density at radius 2 is 2.00 bits per heavy atom. The fourth-order valence-corrected chi connectivity index (χ4v) is 5.21. The van der Waals surface area contributed by atoms with E-state index in [2.05, 4.69) is 18.7 Å². The average Bonchev–Trinajstić information content (AvgIpc) is 2.67. The van der Waals surface area contributed by atoms with Crippen LogP contribution in [0, 0.1) is 41.4 Å². The van der Waals surface area contributed by atoms with Gasteiger partial charge in [0, 0.05) is 5.92 Å². The molecule has 0 radical (unpaired) electrons. The Kier molecular flexibility index (Phi) is 1.55. The van der Waals surface area contributed by atoms with E-state index >= 15 is 0 Å². The number of Topliss-reactive ketones (excluding diaryl/α,β-unsaturated/α-hetero) is 1. The first-order valence-corrected chi connectivity index (χ1v) is 6.56. The lowest BCUT2D eigenvalue weighted by atomic mass is 9.82. The summed E-state index contributed by atoms with van der Waals surface area (Å²) < 4.78 is 0. The van der Waals surface area contributed by atoms with Crippen LogP contribution < -0.4 is 0 Å². The molecule has 1 nitrogen and oxygen atoms in total. The molecule has 0 saturated heterocycles. The van der Waals surface area contributed by atoms with Gasteiger partial charge in [-0.3, -0.25) is 4.79 Å². The standard InChI is InChI=1S/C15H18O/c1-7(2)15(16)14-12-10-6-11(13(12)14)9-5-3-4-8(9)10/h3-4,8-14H,1,5-6H2,2H3. The molecule has 0 spiro atoms. The van der Waals surface area contributed by atoms with Gasteiger partial charge in [-0.1, -0.05) is 18.7 Å². The molecule has 0 aromatic carbocycles. The van der Waals surface area contributed by atoms with Crippen LogP contribution in [0.1, 0.15) is 19.8 Å². The minimum atomic E-state index is 0.369. The van der Waals surface area contributed by atoms with Gasteiger partial charge in [-0.05, 0) is 60.8 Å². The lowest BCUT2D eigenvalue weighted by Crippen LogP contribution is -2.18. The largest absolute Gasteiger partial charge is 0.294 e. The van der Waals surface area contributed by atoms with E-state index < -0.39 is 0 Å². The van der Waals surface area contributed by atoms with E-state index in [1.165, 1.54) is 12.8 Å². The van der Waals surface area contributed by atoms with Crippen LogP contribution in [-0.2, 0) is 4.79 Å². The zero-order valence-electron chi connectivity index (χ0n) is 9.73. The molecule has 2 bridgehead atoms. The number of hydrogen-bond acceptors (Lipinski definition) is 1. The second-order valence-electron chi connectivity index (χ2n) is 6.29. The molecular formula is C15H18O. The Morgan fingerprint density at radius 3 is 2.75 bits per heavy atom. The second-order valence-corrected chi connectivity index (χ2v) is 6.29. The van der Waals surface area contributed by atoms with Crippen molar-refractivity contribution in [1.29, 1.82) is 0 Å². The molecule has 0 aromatic rings. The normalized spacial score (nSPS) is 54.9. The van der Waals surface area contributed by atoms with Crippen molar-refractivity contribution in [2.24, 2.45) is 41.4 Å². The van der Waals surface area contributed by atoms with Gasteiger partial charge in [-0.15, -0.1) is 0 Å². The Labute approximate surface area is 96.6 Å². The Hall–Kier alpha value is -0.850. The van der Waals surface area contributed by atoms with Gasteiger partial charge >= 0.3 is 0 Å². The van der Waals surface area contributed by atoms with Gasteiger partial charge in [0.05, 0.1) is 0 Å². The molecule has 1 heteroatoms. The lowest BCUT2D eigenvalue weighted by molar-refractivity contribution is -0.117. The zero-order chi connectivity index (χ0) is 11.0. The number of fused-ring (bicyclic) bond motifs is 8. The van der Waals surface area contributed by atoms with Gasteiger partial charge in [0.25, 0.3) is 0 Å². The first-order chi connectivity index (χ1) is 7.70. The molecule has 84 valence electrons. The third-order valence-corrected chi connectivity index (χ3v) is 5.69. The molecule has 0 aromatic heterocycles. The predicted molar refractivity (Wildman–Crippen MR) is 62.6 cm³/mol. The first kappa shape index (κ1) is 9.21. The number of ketones is 1. The van der Waals surface area contributed by atoms with Crippen LogP contribution >= 0.6 is 0 Å². The summed E-state index contributed by atoms with van der Waals surface area (Å²) in [6.07, 6.45) is 7.50. The Bertz CT molecular complexity index is 419. The van der Waals surface area contributed by atoms with Crippen molar-refractivity contribution >= 4 is 5.78 Å². The number of carbonyl (C=O) groups excluding carboxylic acids is 1. The van der Waals surface area contributed by atoms with E-state index in [9.17, 15) is 4.79 Å². The van der Waals surface area contributed by atoms with Gasteiger partial charge in [-0.25, -0.2) is 0 Å². The van der Waals surface area contributed by atoms with E-state index in [0.717, 1.165) is 41.1 Å². The van der Waals surface area contributed by atoms with Crippen LogP contribution in [-0.4, -0.2) is 5.78 Å². The number of hydrogen-bond donors (Lipinski definition) is 0. The molecule has 4 aliphatic rings. The maximum Gasteiger partial charge on any atom is 0.161 e. The van der Waals surface area contributed by atoms with Crippen molar-refractivity contribution in [2.45, 2.75) is 19.8 Å². The van der Waals surface area contributed by atoms with E-state index in [1.807, 2.05) is 6.92 Å². The molecule has 7 atom stereocenters. The Balaban J connectivity index is 1.62. The molecule has 0 aliphatic heterocycles. The van der Waals surface area contributed by atoms with Gasteiger partial charge in [0.1, 0.15) is 0 Å². The zero-order valence-corrected chi connectivity index (χ0v) is 9.73. The highest BCUT2D eigenvalue weighted by atomic mass is 16.1. The molecule has 0 N–H and O–H groups in total.